The smallest absolute Gasteiger partial charge is 0.363 e. The number of benzene rings is 1. The van der Waals surface area contributed by atoms with Crippen LogP contribution >= 0.6 is 11.6 Å². The molecule has 110 valence electrons. The predicted molar refractivity (Wildman–Crippen MR) is 85.5 cm³/mol. The normalized spacial score (nSPS) is 15.8. The van der Waals surface area contributed by atoms with Gasteiger partial charge in [-0.05, 0) is 47.9 Å². The minimum absolute atomic E-state index is 0.317. The summed E-state index contributed by atoms with van der Waals surface area (Å²) in [4.78, 5) is 20.0. The zero-order chi connectivity index (χ0) is 15.4. The van der Waals surface area contributed by atoms with Crippen LogP contribution in [0.2, 0.25) is 5.02 Å². The third kappa shape index (κ3) is 3.59. The molecule has 2 heterocycles. The molecule has 0 bridgehead atoms. The first-order valence-electron chi connectivity index (χ1n) is 6.86. The van der Waals surface area contributed by atoms with Gasteiger partial charge < -0.3 is 4.74 Å². The number of pyridine rings is 1. The van der Waals surface area contributed by atoms with Crippen molar-refractivity contribution in [1.82, 2.24) is 4.98 Å². The Morgan fingerprint density at radius 2 is 1.77 bits per heavy atom. The van der Waals surface area contributed by atoms with Gasteiger partial charge in [-0.15, -0.1) is 0 Å². The largest absolute Gasteiger partial charge is 0.407 e. The lowest BCUT2D eigenvalue weighted by Crippen LogP contribution is -2.05. The maximum atomic E-state index is 11.8. The first kappa shape index (κ1) is 14.5. The summed E-state index contributed by atoms with van der Waals surface area (Å²) in [6, 6.07) is 11.2. The zero-order valence-electron chi connectivity index (χ0n) is 11.7. The van der Waals surface area contributed by atoms with Crippen molar-refractivity contribution in [1.29, 1.82) is 0 Å². The Balaban J connectivity index is 1.68. The number of aromatic nitrogens is 1. The van der Waals surface area contributed by atoms with E-state index in [4.69, 9.17) is 16.3 Å². The van der Waals surface area contributed by atoms with Crippen molar-refractivity contribution in [2.24, 2.45) is 4.99 Å². The molecule has 0 amide bonds. The Hall–Kier alpha value is -2.46. The fourth-order valence-corrected chi connectivity index (χ4v) is 2.21. The number of aliphatic imine (C=N–C) groups is 1. The highest BCUT2D eigenvalue weighted by Gasteiger charge is 2.22. The number of esters is 1. The van der Waals surface area contributed by atoms with Gasteiger partial charge in [-0.3, -0.25) is 4.98 Å². The molecule has 0 saturated carbocycles. The fourth-order valence-electron chi connectivity index (χ4n) is 2.08. The third-order valence-corrected chi connectivity index (χ3v) is 3.47. The molecule has 1 aliphatic heterocycles. The van der Waals surface area contributed by atoms with Gasteiger partial charge in [0.25, 0.3) is 0 Å². The van der Waals surface area contributed by atoms with Crippen molar-refractivity contribution in [2.75, 3.05) is 0 Å². The van der Waals surface area contributed by atoms with E-state index in [9.17, 15) is 4.79 Å². The fraction of sp³-hybridized carbons (Fsp3) is 0.118. The molecule has 2 aromatic rings. The van der Waals surface area contributed by atoms with Crippen LogP contribution in [0.4, 0.5) is 0 Å². The van der Waals surface area contributed by atoms with E-state index < -0.39 is 5.97 Å². The van der Waals surface area contributed by atoms with Crippen LogP contribution in [0.5, 0.6) is 0 Å². The molecule has 1 aromatic carbocycles. The van der Waals surface area contributed by atoms with E-state index in [1.807, 2.05) is 36.4 Å². The van der Waals surface area contributed by atoms with Crippen molar-refractivity contribution in [2.45, 2.75) is 12.8 Å². The van der Waals surface area contributed by atoms with Gasteiger partial charge in [0.05, 0.1) is 0 Å². The van der Waals surface area contributed by atoms with Crippen LogP contribution in [0.1, 0.15) is 17.5 Å². The van der Waals surface area contributed by atoms with E-state index in [0.717, 1.165) is 17.5 Å². The van der Waals surface area contributed by atoms with Crippen LogP contribution in [-0.2, 0) is 16.0 Å². The second-order valence-corrected chi connectivity index (χ2v) is 5.27. The van der Waals surface area contributed by atoms with Gasteiger partial charge in [0.2, 0.25) is 0 Å². The standard InChI is InChI=1S/C17H13ClN2O2/c18-14-4-1-12(2-5-14)3-6-16-20-15(17(21)22-16)11-13-7-9-19-10-8-13/h1-2,4-5,7-11H,3,6H2/b15-11+. The van der Waals surface area contributed by atoms with Crippen molar-refractivity contribution in [3.63, 3.8) is 0 Å². The lowest BCUT2D eigenvalue weighted by molar-refractivity contribution is -0.130. The van der Waals surface area contributed by atoms with Crippen LogP contribution in [0.3, 0.4) is 0 Å². The molecule has 0 aliphatic carbocycles. The Morgan fingerprint density at radius 1 is 1.05 bits per heavy atom. The molecule has 1 aromatic heterocycles. The predicted octanol–water partition coefficient (Wildman–Crippen LogP) is 3.66. The van der Waals surface area contributed by atoms with Gasteiger partial charge in [0, 0.05) is 23.8 Å². The van der Waals surface area contributed by atoms with Gasteiger partial charge >= 0.3 is 5.97 Å². The first-order chi connectivity index (χ1) is 10.7. The molecule has 0 radical (unpaired) electrons. The Kier molecular flexibility index (Phi) is 4.30. The highest BCUT2D eigenvalue weighted by molar-refractivity contribution is 6.30. The maximum Gasteiger partial charge on any atom is 0.363 e. The summed E-state index contributed by atoms with van der Waals surface area (Å²) in [5, 5.41) is 0.705. The third-order valence-electron chi connectivity index (χ3n) is 3.22. The van der Waals surface area contributed by atoms with Gasteiger partial charge in [-0.1, -0.05) is 23.7 Å². The number of aryl methyl sites for hydroxylation is 1. The van der Waals surface area contributed by atoms with E-state index in [2.05, 4.69) is 9.98 Å². The molecule has 0 spiro atoms. The second-order valence-electron chi connectivity index (χ2n) is 4.83. The summed E-state index contributed by atoms with van der Waals surface area (Å²) in [6.45, 7) is 0. The van der Waals surface area contributed by atoms with Gasteiger partial charge in [-0.2, -0.15) is 0 Å². The number of rotatable bonds is 4. The van der Waals surface area contributed by atoms with Gasteiger partial charge in [0.15, 0.2) is 11.6 Å². The van der Waals surface area contributed by atoms with Crippen LogP contribution in [0.25, 0.3) is 6.08 Å². The monoisotopic (exact) mass is 312 g/mol. The molecule has 1 aliphatic rings. The minimum Gasteiger partial charge on any atom is -0.407 e. The first-order valence-corrected chi connectivity index (χ1v) is 7.24. The highest BCUT2D eigenvalue weighted by atomic mass is 35.5. The second kappa shape index (κ2) is 6.54. The van der Waals surface area contributed by atoms with Crippen LogP contribution in [0.15, 0.2) is 59.5 Å². The summed E-state index contributed by atoms with van der Waals surface area (Å²) >= 11 is 5.85. The lowest BCUT2D eigenvalue weighted by Gasteiger charge is -2.00. The summed E-state index contributed by atoms with van der Waals surface area (Å²) in [7, 11) is 0. The highest BCUT2D eigenvalue weighted by Crippen LogP contribution is 2.18. The number of carbonyl (C=O) groups is 1. The molecule has 4 nitrogen and oxygen atoms in total. The topological polar surface area (TPSA) is 51.5 Å². The van der Waals surface area contributed by atoms with E-state index >= 15 is 0 Å². The summed E-state index contributed by atoms with van der Waals surface area (Å²) in [5.41, 5.74) is 2.30. The molecule has 0 saturated heterocycles. The number of hydrogen-bond acceptors (Lipinski definition) is 4. The molecule has 0 unspecified atom stereocenters. The average molecular weight is 313 g/mol. The number of halogens is 1. The average Bonchev–Trinajstić information content (AvgIpc) is 2.88. The number of hydrogen-bond donors (Lipinski definition) is 0. The van der Waals surface area contributed by atoms with E-state index in [0.29, 0.717) is 23.0 Å². The summed E-state index contributed by atoms with van der Waals surface area (Å²) in [6.07, 6.45) is 6.34. The molecule has 5 heteroatoms. The number of ether oxygens (including phenoxy) is 1. The van der Waals surface area contributed by atoms with Crippen LogP contribution in [-0.4, -0.2) is 16.9 Å². The molecular weight excluding hydrogens is 300 g/mol. The van der Waals surface area contributed by atoms with E-state index in [-0.39, 0.29) is 0 Å². The number of nitrogens with zero attached hydrogens (tertiary/aromatic N) is 2. The Labute approximate surface area is 133 Å². The minimum atomic E-state index is -0.414. The van der Waals surface area contributed by atoms with E-state index in [1.54, 1.807) is 18.5 Å². The maximum absolute atomic E-state index is 11.8. The molecule has 3 rings (SSSR count). The van der Waals surface area contributed by atoms with Gasteiger partial charge in [0.1, 0.15) is 0 Å². The quantitative estimate of drug-likeness (QED) is 0.639. The van der Waals surface area contributed by atoms with Crippen LogP contribution < -0.4 is 0 Å². The van der Waals surface area contributed by atoms with Crippen LogP contribution in [0, 0.1) is 0 Å². The molecular formula is C17H13ClN2O2. The van der Waals surface area contributed by atoms with Crippen molar-refractivity contribution >= 4 is 29.5 Å². The van der Waals surface area contributed by atoms with Crippen molar-refractivity contribution < 1.29 is 9.53 Å². The zero-order valence-corrected chi connectivity index (χ0v) is 12.5. The lowest BCUT2D eigenvalue weighted by atomic mass is 10.1. The van der Waals surface area contributed by atoms with Crippen molar-refractivity contribution in [3.8, 4) is 0 Å². The Morgan fingerprint density at radius 3 is 2.50 bits per heavy atom. The molecule has 0 atom stereocenters. The molecule has 0 fully saturated rings. The number of cyclic esters (lactones) is 1. The Bertz CT molecular complexity index is 737. The van der Waals surface area contributed by atoms with Gasteiger partial charge in [-0.25, -0.2) is 9.79 Å². The van der Waals surface area contributed by atoms with E-state index in [1.165, 1.54) is 0 Å². The van der Waals surface area contributed by atoms with Crippen molar-refractivity contribution in [3.05, 3.63) is 70.6 Å². The summed E-state index contributed by atoms with van der Waals surface area (Å²) < 4.78 is 5.19. The summed E-state index contributed by atoms with van der Waals surface area (Å²) in [5.74, 6) is 0.0307. The molecule has 22 heavy (non-hydrogen) atoms. The molecule has 0 N–H and O–H groups in total. The number of carbonyl (C=O) groups excluding carboxylic acids is 1. The SMILES string of the molecule is O=C1OC(CCc2ccc(Cl)cc2)=N/C1=C/c1ccncc1.